The Morgan fingerprint density at radius 2 is 1.86 bits per heavy atom. The van der Waals surface area contributed by atoms with Crippen LogP contribution >= 0.6 is 0 Å². The van der Waals surface area contributed by atoms with Gasteiger partial charge in [0.15, 0.2) is 0 Å². The zero-order valence-electron chi connectivity index (χ0n) is 12.9. The lowest BCUT2D eigenvalue weighted by Crippen LogP contribution is -2.21. The van der Waals surface area contributed by atoms with Crippen LogP contribution in [0.3, 0.4) is 0 Å². The quantitative estimate of drug-likeness (QED) is 0.908. The van der Waals surface area contributed by atoms with Crippen molar-refractivity contribution < 1.29 is 4.39 Å². The lowest BCUT2D eigenvalue weighted by atomic mass is 10.2. The van der Waals surface area contributed by atoms with Crippen molar-refractivity contribution in [2.24, 2.45) is 0 Å². The lowest BCUT2D eigenvalue weighted by molar-refractivity contribution is 0.625. The molecule has 0 bridgehead atoms. The number of nitrogens with zero attached hydrogens (tertiary/aromatic N) is 3. The van der Waals surface area contributed by atoms with Gasteiger partial charge in [-0.05, 0) is 39.8 Å². The predicted octanol–water partition coefficient (Wildman–Crippen LogP) is 3.82. The molecule has 1 heterocycles. The van der Waals surface area contributed by atoms with Gasteiger partial charge in [-0.25, -0.2) is 14.4 Å². The number of anilines is 3. The first-order chi connectivity index (χ1) is 10.1. The Labute approximate surface area is 125 Å². The maximum Gasteiger partial charge on any atom is 0.146 e. The van der Waals surface area contributed by atoms with Gasteiger partial charge in [0, 0.05) is 18.7 Å². The molecule has 1 aromatic carbocycles. The molecule has 112 valence electrons. The van der Waals surface area contributed by atoms with Gasteiger partial charge >= 0.3 is 0 Å². The van der Waals surface area contributed by atoms with Crippen LogP contribution in [0.25, 0.3) is 0 Å². The van der Waals surface area contributed by atoms with E-state index in [-0.39, 0.29) is 5.82 Å². The third-order valence-corrected chi connectivity index (χ3v) is 3.29. The molecule has 0 aliphatic carbocycles. The predicted molar refractivity (Wildman–Crippen MR) is 84.7 cm³/mol. The summed E-state index contributed by atoms with van der Waals surface area (Å²) >= 11 is 0. The van der Waals surface area contributed by atoms with Gasteiger partial charge in [-0.3, -0.25) is 0 Å². The second kappa shape index (κ2) is 6.52. The maximum atomic E-state index is 14.1. The number of halogens is 1. The first-order valence-corrected chi connectivity index (χ1v) is 7.19. The summed E-state index contributed by atoms with van der Waals surface area (Å²) in [6, 6.07) is 6.75. The van der Waals surface area contributed by atoms with Crippen molar-refractivity contribution in [3.8, 4) is 0 Å². The minimum atomic E-state index is -0.250. The van der Waals surface area contributed by atoms with E-state index in [9.17, 15) is 4.39 Å². The molecule has 0 amide bonds. The van der Waals surface area contributed by atoms with Crippen molar-refractivity contribution in [1.82, 2.24) is 9.97 Å². The first kappa shape index (κ1) is 15.2. The highest BCUT2D eigenvalue weighted by Crippen LogP contribution is 2.31. The zero-order chi connectivity index (χ0) is 15.4. The second-order valence-corrected chi connectivity index (χ2v) is 4.79. The highest BCUT2D eigenvalue weighted by Gasteiger charge is 2.18. The minimum absolute atomic E-state index is 0.250. The van der Waals surface area contributed by atoms with Crippen LogP contribution in [0, 0.1) is 19.7 Å². The number of nitrogens with one attached hydrogen (secondary N) is 1. The molecule has 0 saturated heterocycles. The van der Waals surface area contributed by atoms with Gasteiger partial charge in [-0.2, -0.15) is 0 Å². The van der Waals surface area contributed by atoms with Crippen LogP contribution in [0.4, 0.5) is 21.7 Å². The van der Waals surface area contributed by atoms with Crippen molar-refractivity contribution in [3.63, 3.8) is 0 Å². The van der Waals surface area contributed by atoms with Crippen LogP contribution in [0.15, 0.2) is 24.3 Å². The molecule has 0 fully saturated rings. The Balaban J connectivity index is 2.55. The largest absolute Gasteiger partial charge is 0.370 e. The van der Waals surface area contributed by atoms with E-state index in [2.05, 4.69) is 15.3 Å². The van der Waals surface area contributed by atoms with Gasteiger partial charge in [-0.15, -0.1) is 0 Å². The van der Waals surface area contributed by atoms with Crippen LogP contribution in [-0.2, 0) is 0 Å². The highest BCUT2D eigenvalue weighted by molar-refractivity contribution is 5.67. The molecule has 2 aromatic rings. The first-order valence-electron chi connectivity index (χ1n) is 7.19. The molecule has 0 spiro atoms. The summed E-state index contributed by atoms with van der Waals surface area (Å²) < 4.78 is 14.1. The van der Waals surface area contributed by atoms with Gasteiger partial charge in [0.1, 0.15) is 23.3 Å². The van der Waals surface area contributed by atoms with E-state index in [1.165, 1.54) is 6.07 Å². The summed E-state index contributed by atoms with van der Waals surface area (Å²) in [4.78, 5) is 10.8. The van der Waals surface area contributed by atoms with Crippen molar-refractivity contribution in [2.45, 2.75) is 27.7 Å². The summed E-state index contributed by atoms with van der Waals surface area (Å²) in [5, 5.41) is 3.23. The normalized spacial score (nSPS) is 10.5. The molecule has 1 aromatic heterocycles. The summed E-state index contributed by atoms with van der Waals surface area (Å²) in [5.74, 6) is 1.96. The molecule has 0 aliphatic rings. The van der Waals surface area contributed by atoms with Crippen LogP contribution in [0.5, 0.6) is 0 Å². The van der Waals surface area contributed by atoms with Crippen LogP contribution < -0.4 is 10.2 Å². The third-order valence-electron chi connectivity index (χ3n) is 3.29. The SMILES string of the molecule is CCNc1nc(C)nc(N(CC)c2ccccc2F)c1C. The van der Waals surface area contributed by atoms with Gasteiger partial charge in [-0.1, -0.05) is 12.1 Å². The molecule has 0 atom stereocenters. The molecule has 5 heteroatoms. The van der Waals surface area contributed by atoms with Crippen LogP contribution in [0.1, 0.15) is 25.2 Å². The van der Waals surface area contributed by atoms with Gasteiger partial charge in [0.25, 0.3) is 0 Å². The van der Waals surface area contributed by atoms with Gasteiger partial charge < -0.3 is 10.2 Å². The number of hydrogen-bond donors (Lipinski definition) is 1. The maximum absolute atomic E-state index is 14.1. The van der Waals surface area contributed by atoms with E-state index >= 15 is 0 Å². The Kier molecular flexibility index (Phi) is 4.73. The molecule has 0 saturated carbocycles. The minimum Gasteiger partial charge on any atom is -0.370 e. The van der Waals surface area contributed by atoms with Crippen LogP contribution in [-0.4, -0.2) is 23.1 Å². The summed E-state index contributed by atoms with van der Waals surface area (Å²) in [5.41, 5.74) is 1.45. The highest BCUT2D eigenvalue weighted by atomic mass is 19.1. The fourth-order valence-electron chi connectivity index (χ4n) is 2.32. The molecule has 0 unspecified atom stereocenters. The number of hydrogen-bond acceptors (Lipinski definition) is 4. The monoisotopic (exact) mass is 288 g/mol. The lowest BCUT2D eigenvalue weighted by Gasteiger charge is -2.25. The Morgan fingerprint density at radius 1 is 1.14 bits per heavy atom. The number of rotatable bonds is 5. The molecule has 1 N–H and O–H groups in total. The Bertz CT molecular complexity index is 628. The average Bonchev–Trinajstić information content (AvgIpc) is 2.46. The standard InChI is InChI=1S/C16H21FN4/c1-5-18-15-11(3)16(20-12(4)19-15)21(6-2)14-10-8-7-9-13(14)17/h7-10H,5-6H2,1-4H3,(H,18,19,20). The van der Waals surface area contributed by atoms with Crippen molar-refractivity contribution in [2.75, 3.05) is 23.3 Å². The van der Waals surface area contributed by atoms with Gasteiger partial charge in [0.2, 0.25) is 0 Å². The molecule has 0 radical (unpaired) electrons. The Morgan fingerprint density at radius 3 is 2.48 bits per heavy atom. The van der Waals surface area contributed by atoms with Gasteiger partial charge in [0.05, 0.1) is 5.69 Å². The van der Waals surface area contributed by atoms with Crippen molar-refractivity contribution in [3.05, 3.63) is 41.5 Å². The summed E-state index contributed by atoms with van der Waals surface area (Å²) in [7, 11) is 0. The molecular weight excluding hydrogens is 267 g/mol. The zero-order valence-corrected chi connectivity index (χ0v) is 12.9. The van der Waals surface area contributed by atoms with E-state index in [0.717, 1.165) is 23.7 Å². The van der Waals surface area contributed by atoms with E-state index in [0.29, 0.717) is 18.1 Å². The van der Waals surface area contributed by atoms with E-state index in [4.69, 9.17) is 0 Å². The fraction of sp³-hybridized carbons (Fsp3) is 0.375. The molecule has 4 nitrogen and oxygen atoms in total. The molecule has 0 aliphatic heterocycles. The number of para-hydroxylation sites is 1. The number of aromatic nitrogens is 2. The fourth-order valence-corrected chi connectivity index (χ4v) is 2.32. The topological polar surface area (TPSA) is 41.1 Å². The summed E-state index contributed by atoms with van der Waals surface area (Å²) in [6.07, 6.45) is 0. The van der Waals surface area contributed by atoms with Crippen molar-refractivity contribution >= 4 is 17.3 Å². The second-order valence-electron chi connectivity index (χ2n) is 4.79. The van der Waals surface area contributed by atoms with E-state index < -0.39 is 0 Å². The smallest absolute Gasteiger partial charge is 0.146 e. The molecule has 21 heavy (non-hydrogen) atoms. The van der Waals surface area contributed by atoms with E-state index in [1.54, 1.807) is 12.1 Å². The number of aryl methyl sites for hydroxylation is 1. The number of benzene rings is 1. The average molecular weight is 288 g/mol. The third kappa shape index (κ3) is 3.12. The van der Waals surface area contributed by atoms with Crippen LogP contribution in [0.2, 0.25) is 0 Å². The Hall–Kier alpha value is -2.17. The summed E-state index contributed by atoms with van der Waals surface area (Å²) in [6.45, 7) is 9.21. The molecule has 2 rings (SSSR count). The van der Waals surface area contributed by atoms with Crippen molar-refractivity contribution in [1.29, 1.82) is 0 Å². The molecular formula is C16H21FN4. The van der Waals surface area contributed by atoms with E-state index in [1.807, 2.05) is 38.7 Å².